The molecule has 2 nitrogen and oxygen atoms in total. The Morgan fingerprint density at radius 1 is 1.38 bits per heavy atom. The molecule has 0 atom stereocenters. The Balaban J connectivity index is 1.84. The summed E-state index contributed by atoms with van der Waals surface area (Å²) in [6, 6.07) is 8.86. The third-order valence-electron chi connectivity index (χ3n) is 3.61. The Hall–Kier alpha value is -1.49. The molecule has 16 heavy (non-hydrogen) atoms. The highest BCUT2D eigenvalue weighted by molar-refractivity contribution is 5.39. The summed E-state index contributed by atoms with van der Waals surface area (Å²) in [7, 11) is 0. The number of benzene rings is 1. The van der Waals surface area contributed by atoms with Crippen molar-refractivity contribution in [2.24, 2.45) is 5.41 Å². The van der Waals surface area contributed by atoms with Gasteiger partial charge in [-0.25, -0.2) is 0 Å². The standard InChI is InChI=1S/C14H15NO/c15-10-14(5-6-14)9-11-3-4-13-12(8-11)2-1-7-16-13/h3-4,8H,1-2,5-7,9H2. The van der Waals surface area contributed by atoms with E-state index in [-0.39, 0.29) is 5.41 Å². The van der Waals surface area contributed by atoms with E-state index in [1.807, 2.05) is 0 Å². The van der Waals surface area contributed by atoms with Gasteiger partial charge >= 0.3 is 0 Å². The predicted molar refractivity (Wildman–Crippen MR) is 61.2 cm³/mol. The topological polar surface area (TPSA) is 33.0 Å². The van der Waals surface area contributed by atoms with Gasteiger partial charge in [0.05, 0.1) is 18.1 Å². The predicted octanol–water partition coefficient (Wildman–Crippen LogP) is 2.86. The Morgan fingerprint density at radius 2 is 2.25 bits per heavy atom. The highest BCUT2D eigenvalue weighted by atomic mass is 16.5. The summed E-state index contributed by atoms with van der Waals surface area (Å²) in [5.41, 5.74) is 2.57. The first-order chi connectivity index (χ1) is 7.81. The minimum absolute atomic E-state index is 0.0379. The van der Waals surface area contributed by atoms with E-state index < -0.39 is 0 Å². The summed E-state index contributed by atoms with van der Waals surface area (Å²) < 4.78 is 5.59. The van der Waals surface area contributed by atoms with Gasteiger partial charge in [0.25, 0.3) is 0 Å². The van der Waals surface area contributed by atoms with Gasteiger partial charge in [0, 0.05) is 0 Å². The molecule has 1 aromatic rings. The van der Waals surface area contributed by atoms with Crippen molar-refractivity contribution in [3.63, 3.8) is 0 Å². The number of fused-ring (bicyclic) bond motifs is 1. The zero-order chi connectivity index (χ0) is 11.0. The van der Waals surface area contributed by atoms with Gasteiger partial charge in [0.15, 0.2) is 0 Å². The number of rotatable bonds is 2. The molecule has 0 amide bonds. The van der Waals surface area contributed by atoms with E-state index in [0.717, 1.165) is 44.5 Å². The van der Waals surface area contributed by atoms with Crippen LogP contribution in [0, 0.1) is 16.7 Å². The average Bonchev–Trinajstić information content (AvgIpc) is 3.09. The molecule has 0 saturated heterocycles. The van der Waals surface area contributed by atoms with Crippen LogP contribution in [0.15, 0.2) is 18.2 Å². The molecule has 1 fully saturated rings. The van der Waals surface area contributed by atoms with Crippen LogP contribution in [0.25, 0.3) is 0 Å². The van der Waals surface area contributed by atoms with Crippen LogP contribution < -0.4 is 4.74 Å². The highest BCUT2D eigenvalue weighted by Gasteiger charge is 2.42. The van der Waals surface area contributed by atoms with Crippen LogP contribution in [0.3, 0.4) is 0 Å². The maximum Gasteiger partial charge on any atom is 0.122 e. The molecule has 1 aliphatic carbocycles. The second-order valence-electron chi connectivity index (χ2n) is 4.96. The Labute approximate surface area is 95.8 Å². The third kappa shape index (κ3) is 1.67. The molecule has 0 unspecified atom stereocenters. The van der Waals surface area contributed by atoms with Crippen LogP contribution in [0.2, 0.25) is 0 Å². The first-order valence-corrected chi connectivity index (χ1v) is 5.97. The molecule has 82 valence electrons. The molecule has 0 aromatic heterocycles. The highest BCUT2D eigenvalue weighted by Crippen LogP contribution is 2.47. The van der Waals surface area contributed by atoms with E-state index in [1.165, 1.54) is 11.1 Å². The van der Waals surface area contributed by atoms with Gasteiger partial charge in [-0.2, -0.15) is 5.26 Å². The van der Waals surface area contributed by atoms with Crippen molar-refractivity contribution in [2.75, 3.05) is 6.61 Å². The minimum atomic E-state index is -0.0379. The van der Waals surface area contributed by atoms with Gasteiger partial charge in [0.1, 0.15) is 5.75 Å². The van der Waals surface area contributed by atoms with Crippen LogP contribution in [0.1, 0.15) is 30.4 Å². The van der Waals surface area contributed by atoms with Crippen molar-refractivity contribution >= 4 is 0 Å². The summed E-state index contributed by atoms with van der Waals surface area (Å²) in [4.78, 5) is 0. The van der Waals surface area contributed by atoms with E-state index in [0.29, 0.717) is 0 Å². The van der Waals surface area contributed by atoms with Crippen molar-refractivity contribution in [3.05, 3.63) is 29.3 Å². The quantitative estimate of drug-likeness (QED) is 0.756. The lowest BCUT2D eigenvalue weighted by atomic mass is 9.95. The number of nitrogens with zero attached hydrogens (tertiary/aromatic N) is 1. The zero-order valence-electron chi connectivity index (χ0n) is 9.33. The van der Waals surface area contributed by atoms with E-state index in [9.17, 15) is 0 Å². The van der Waals surface area contributed by atoms with Crippen molar-refractivity contribution < 1.29 is 4.74 Å². The van der Waals surface area contributed by atoms with E-state index in [4.69, 9.17) is 10.00 Å². The summed E-state index contributed by atoms with van der Waals surface area (Å²) in [6.45, 7) is 0.842. The van der Waals surface area contributed by atoms with Crippen molar-refractivity contribution in [1.82, 2.24) is 0 Å². The summed E-state index contributed by atoms with van der Waals surface area (Å²) in [5, 5.41) is 9.08. The van der Waals surface area contributed by atoms with E-state index in [1.54, 1.807) is 0 Å². The molecule has 0 bridgehead atoms. The summed E-state index contributed by atoms with van der Waals surface area (Å²) in [5.74, 6) is 1.04. The molecule has 1 aromatic carbocycles. The minimum Gasteiger partial charge on any atom is -0.493 e. The smallest absolute Gasteiger partial charge is 0.122 e. The van der Waals surface area contributed by atoms with Crippen molar-refractivity contribution in [3.8, 4) is 11.8 Å². The van der Waals surface area contributed by atoms with Gasteiger partial charge in [-0.1, -0.05) is 12.1 Å². The summed E-state index contributed by atoms with van der Waals surface area (Å²) >= 11 is 0. The molecular weight excluding hydrogens is 198 g/mol. The second kappa shape index (κ2) is 3.52. The fourth-order valence-corrected chi connectivity index (χ4v) is 2.39. The molecule has 0 N–H and O–H groups in total. The molecular formula is C14H15NO. The van der Waals surface area contributed by atoms with Crippen LogP contribution in [-0.4, -0.2) is 6.61 Å². The number of ether oxygens (including phenoxy) is 1. The fraction of sp³-hybridized carbons (Fsp3) is 0.500. The van der Waals surface area contributed by atoms with Crippen LogP contribution in [-0.2, 0) is 12.8 Å². The maximum absolute atomic E-state index is 9.08. The van der Waals surface area contributed by atoms with Gasteiger partial charge < -0.3 is 4.74 Å². The normalized spacial score (nSPS) is 20.4. The van der Waals surface area contributed by atoms with Crippen molar-refractivity contribution in [2.45, 2.75) is 32.1 Å². The van der Waals surface area contributed by atoms with Gasteiger partial charge in [0.2, 0.25) is 0 Å². The number of hydrogen-bond donors (Lipinski definition) is 0. The lowest BCUT2D eigenvalue weighted by molar-refractivity contribution is 0.288. The molecule has 1 aliphatic heterocycles. The van der Waals surface area contributed by atoms with E-state index in [2.05, 4.69) is 24.3 Å². The molecule has 3 rings (SSSR count). The lowest BCUT2D eigenvalue weighted by Gasteiger charge is -2.18. The molecule has 0 spiro atoms. The summed E-state index contributed by atoms with van der Waals surface area (Å²) in [6.07, 6.45) is 5.27. The zero-order valence-corrected chi connectivity index (χ0v) is 9.33. The monoisotopic (exact) mass is 213 g/mol. The Kier molecular flexibility index (Phi) is 2.14. The largest absolute Gasteiger partial charge is 0.493 e. The molecule has 1 saturated carbocycles. The average molecular weight is 213 g/mol. The maximum atomic E-state index is 9.08. The molecule has 0 radical (unpaired) electrons. The van der Waals surface area contributed by atoms with Crippen LogP contribution in [0.5, 0.6) is 5.75 Å². The lowest BCUT2D eigenvalue weighted by Crippen LogP contribution is -2.09. The second-order valence-corrected chi connectivity index (χ2v) is 4.96. The molecule has 1 heterocycles. The van der Waals surface area contributed by atoms with Crippen molar-refractivity contribution in [1.29, 1.82) is 5.26 Å². The van der Waals surface area contributed by atoms with Crippen LogP contribution in [0.4, 0.5) is 0 Å². The SMILES string of the molecule is N#CC1(Cc2ccc3c(c2)CCCO3)CC1. The number of aryl methyl sites for hydroxylation is 1. The number of nitriles is 1. The first kappa shape index (κ1) is 9.72. The fourth-order valence-electron chi connectivity index (χ4n) is 2.39. The molecule has 2 heteroatoms. The Bertz CT molecular complexity index is 454. The van der Waals surface area contributed by atoms with Gasteiger partial charge in [-0.3, -0.25) is 0 Å². The molecule has 2 aliphatic rings. The van der Waals surface area contributed by atoms with E-state index >= 15 is 0 Å². The van der Waals surface area contributed by atoms with Crippen LogP contribution >= 0.6 is 0 Å². The van der Waals surface area contributed by atoms with Gasteiger partial charge in [-0.15, -0.1) is 0 Å². The Morgan fingerprint density at radius 3 is 3.00 bits per heavy atom. The number of hydrogen-bond acceptors (Lipinski definition) is 2. The first-order valence-electron chi connectivity index (χ1n) is 5.97. The third-order valence-corrected chi connectivity index (χ3v) is 3.61. The van der Waals surface area contributed by atoms with Gasteiger partial charge in [-0.05, 0) is 49.3 Å².